The van der Waals surface area contributed by atoms with Crippen LogP contribution < -0.4 is 49.1 Å². The average molecular weight is 1010 g/mol. The third-order valence-corrected chi connectivity index (χ3v) is 12.1. The number of H-pyrrole nitrogens is 2. The van der Waals surface area contributed by atoms with Crippen LogP contribution in [0.2, 0.25) is 0 Å². The normalized spacial score (nSPS) is 13.5. The number of imidazole rings is 1. The van der Waals surface area contributed by atoms with Gasteiger partial charge in [0.25, 0.3) is 0 Å². The first-order valence-electron chi connectivity index (χ1n) is 23.2. The van der Waals surface area contributed by atoms with E-state index in [4.69, 9.17) is 17.2 Å². The van der Waals surface area contributed by atoms with Crippen molar-refractivity contribution in [3.05, 3.63) is 126 Å². The predicted molar refractivity (Wildman–Crippen MR) is 277 cm³/mol. The Balaban J connectivity index is 1.38. The molecule has 0 bridgehead atoms. The van der Waals surface area contributed by atoms with Gasteiger partial charge in [-0.2, -0.15) is 25.3 Å². The number of nitrogens with one attached hydrogen (secondary N) is 8. The molecule has 0 spiro atoms. The lowest BCUT2D eigenvalue weighted by molar-refractivity contribution is -0.135. The van der Waals surface area contributed by atoms with Gasteiger partial charge in [-0.3, -0.25) is 38.6 Å². The van der Waals surface area contributed by atoms with Crippen molar-refractivity contribution in [2.45, 2.75) is 94.0 Å². The summed E-state index contributed by atoms with van der Waals surface area (Å²) in [6, 6.07) is 18.5. The van der Waals surface area contributed by atoms with Gasteiger partial charge in [0.15, 0.2) is 5.96 Å². The number of fused-ring (bicyclic) bond motifs is 1. The lowest BCUT2D eigenvalue weighted by Crippen LogP contribution is -2.60. The van der Waals surface area contributed by atoms with Crippen molar-refractivity contribution in [3.63, 3.8) is 0 Å². The fourth-order valence-electron chi connectivity index (χ4n) is 7.72. The van der Waals surface area contributed by atoms with Crippen LogP contribution in [0.3, 0.4) is 0 Å². The van der Waals surface area contributed by atoms with Crippen molar-refractivity contribution in [3.8, 4) is 0 Å². The van der Waals surface area contributed by atoms with Crippen molar-refractivity contribution in [2.75, 3.05) is 18.1 Å². The zero-order chi connectivity index (χ0) is 51.1. The fraction of sp³-hybridized carbons (Fsp3) is 0.367. The lowest BCUT2D eigenvalue weighted by atomic mass is 10.0. The number of nitrogens with two attached hydrogens (primary N) is 3. The molecule has 0 aliphatic carbocycles. The van der Waals surface area contributed by atoms with Crippen LogP contribution in [0.1, 0.15) is 54.5 Å². The van der Waals surface area contributed by atoms with E-state index < -0.39 is 71.7 Å². The highest BCUT2D eigenvalue weighted by Crippen LogP contribution is 2.20. The molecule has 71 heavy (non-hydrogen) atoms. The number of primary amides is 1. The van der Waals surface area contributed by atoms with Crippen LogP contribution in [0.15, 0.2) is 109 Å². The SMILES string of the molecule is NC(=O)[C@H](CS)NC(=O)[C@H](Cc1c[nH]c2ccccc12)NC(=O)[C@H](CCCN=C(N)N)NC(=O)[C@@H](Cc1ccccc1)NC(=O)[C@H](Cc1cnc[nH]1)NC(=O)[C@H](CCS)NC(=O)CCCc1ccccc1. The van der Waals surface area contributed by atoms with E-state index in [2.05, 4.69) is 77.1 Å². The van der Waals surface area contributed by atoms with E-state index in [1.54, 1.807) is 36.5 Å². The van der Waals surface area contributed by atoms with Crippen LogP contribution in [0.5, 0.6) is 0 Å². The molecule has 0 saturated heterocycles. The molecule has 14 N–H and O–H groups in total. The summed E-state index contributed by atoms with van der Waals surface area (Å²) in [7, 11) is 0. The molecule has 7 amide bonds. The number of aromatic nitrogens is 3. The third kappa shape index (κ3) is 17.9. The maximum atomic E-state index is 14.6. The minimum atomic E-state index is -1.33. The largest absolute Gasteiger partial charge is 0.370 e. The second-order valence-corrected chi connectivity index (χ2v) is 17.7. The zero-order valence-corrected chi connectivity index (χ0v) is 40.9. The summed E-state index contributed by atoms with van der Waals surface area (Å²) in [4.78, 5) is 111. The topological polar surface area (TPSA) is 327 Å². The number of guanidine groups is 1. The average Bonchev–Trinajstić information content (AvgIpc) is 4.03. The van der Waals surface area contributed by atoms with Gasteiger partial charge in [-0.05, 0) is 60.6 Å². The molecule has 20 nitrogen and oxygen atoms in total. The molecular weight excluding hydrogens is 947 g/mol. The first kappa shape index (κ1) is 54.6. The highest BCUT2D eigenvalue weighted by Gasteiger charge is 2.34. The minimum absolute atomic E-state index is 0.0225. The van der Waals surface area contributed by atoms with Gasteiger partial charge in [-0.25, -0.2) is 4.98 Å². The highest BCUT2D eigenvalue weighted by atomic mass is 32.1. The van der Waals surface area contributed by atoms with Crippen LogP contribution in [0.4, 0.5) is 0 Å². The Bertz CT molecular complexity index is 2560. The summed E-state index contributed by atoms with van der Waals surface area (Å²) in [5.74, 6) is -4.87. The van der Waals surface area contributed by atoms with Crippen LogP contribution in [-0.4, -0.2) is 117 Å². The van der Waals surface area contributed by atoms with Crippen molar-refractivity contribution in [1.82, 2.24) is 46.9 Å². The number of aryl methyl sites for hydroxylation is 1. The molecule has 0 fully saturated rings. The number of carbonyl (C=O) groups excluding carboxylic acids is 7. The number of nitrogens with zero attached hydrogens (tertiary/aromatic N) is 2. The van der Waals surface area contributed by atoms with E-state index in [-0.39, 0.29) is 74.9 Å². The standard InChI is InChI=1S/C49H63N13O7S2/c50-43(64)41(28-71)62-47(68)39(24-32-26-55-35-17-8-7-16-34(32)35)60-44(65)36(18-10-21-54-49(51)52)58-46(67)38(23-31-13-5-2-6-14-31)59-48(69)40(25-33-27-53-29-56-33)61-45(66)37(20-22-70)57-42(63)19-9-15-30-11-3-1-4-12-30/h1-8,11-14,16-17,26-27,29,36-41,55,70-71H,9-10,15,18-25,28H2,(H2,50,64)(H,53,56)(H,57,63)(H,58,67)(H,59,69)(H,60,65)(H,61,66)(H,62,68)(H4,51,52,54)/t36-,37-,38+,39-,40-,41-/m0/s1. The molecule has 0 aliphatic heterocycles. The molecule has 6 atom stereocenters. The molecule has 5 aromatic rings. The Hall–Kier alpha value is -7.33. The van der Waals surface area contributed by atoms with E-state index in [1.165, 1.54) is 12.5 Å². The van der Waals surface area contributed by atoms with Gasteiger partial charge >= 0.3 is 0 Å². The van der Waals surface area contributed by atoms with E-state index in [1.807, 2.05) is 54.6 Å². The predicted octanol–water partition coefficient (Wildman–Crippen LogP) is 0.639. The van der Waals surface area contributed by atoms with E-state index >= 15 is 0 Å². The maximum Gasteiger partial charge on any atom is 0.243 e. The number of aromatic amines is 2. The zero-order valence-electron chi connectivity index (χ0n) is 39.1. The number of rotatable bonds is 29. The van der Waals surface area contributed by atoms with Crippen molar-refractivity contribution >= 4 is 83.5 Å². The first-order chi connectivity index (χ1) is 34.2. The summed E-state index contributed by atoms with van der Waals surface area (Å²) >= 11 is 8.48. The summed E-state index contributed by atoms with van der Waals surface area (Å²) < 4.78 is 0. The Kier molecular flexibility index (Phi) is 21.8. The number of hydrogen-bond acceptors (Lipinski definition) is 11. The molecule has 22 heteroatoms. The molecule has 0 unspecified atom stereocenters. The van der Waals surface area contributed by atoms with Gasteiger partial charge in [0.2, 0.25) is 41.4 Å². The molecule has 0 radical (unpaired) electrons. The molecule has 3 aromatic carbocycles. The van der Waals surface area contributed by atoms with Gasteiger partial charge in [0.1, 0.15) is 36.3 Å². The van der Waals surface area contributed by atoms with Gasteiger partial charge in [-0.1, -0.05) is 78.9 Å². The quantitative estimate of drug-likeness (QED) is 0.0137. The highest BCUT2D eigenvalue weighted by molar-refractivity contribution is 7.80. The number of carbonyl (C=O) groups is 7. The number of thiol groups is 2. The number of amides is 7. The smallest absolute Gasteiger partial charge is 0.243 e. The Labute approximate surface area is 422 Å². The van der Waals surface area contributed by atoms with Crippen molar-refractivity contribution in [2.24, 2.45) is 22.2 Å². The monoisotopic (exact) mass is 1010 g/mol. The van der Waals surface area contributed by atoms with Gasteiger partial charge in [0.05, 0.1) is 6.33 Å². The first-order valence-corrected chi connectivity index (χ1v) is 24.5. The Morgan fingerprint density at radius 3 is 1.73 bits per heavy atom. The summed E-state index contributed by atoms with van der Waals surface area (Å²) in [6.45, 7) is 0.0883. The van der Waals surface area contributed by atoms with E-state index in [0.717, 1.165) is 16.5 Å². The molecule has 2 heterocycles. The summed E-state index contributed by atoms with van der Waals surface area (Å²) in [6.07, 6.45) is 6.19. The molecule has 5 rings (SSSR count). The maximum absolute atomic E-state index is 14.6. The molecule has 0 saturated carbocycles. The van der Waals surface area contributed by atoms with Crippen molar-refractivity contribution < 1.29 is 33.6 Å². The van der Waals surface area contributed by atoms with Crippen LogP contribution in [-0.2, 0) is 59.2 Å². The summed E-state index contributed by atoms with van der Waals surface area (Å²) in [5.41, 5.74) is 20.4. The van der Waals surface area contributed by atoms with Crippen LogP contribution in [0, 0.1) is 0 Å². The van der Waals surface area contributed by atoms with Gasteiger partial charge < -0.3 is 59.1 Å². The molecular formula is C49H63N13O7S2. The van der Waals surface area contributed by atoms with Crippen LogP contribution in [0.25, 0.3) is 10.9 Å². The van der Waals surface area contributed by atoms with Crippen molar-refractivity contribution in [1.29, 1.82) is 0 Å². The van der Waals surface area contributed by atoms with Gasteiger partial charge in [-0.15, -0.1) is 0 Å². The second-order valence-electron chi connectivity index (χ2n) is 16.8. The lowest BCUT2D eigenvalue weighted by Gasteiger charge is -2.27. The van der Waals surface area contributed by atoms with E-state index in [0.29, 0.717) is 29.7 Å². The Morgan fingerprint density at radius 2 is 1.14 bits per heavy atom. The molecule has 0 aliphatic rings. The second kappa shape index (κ2) is 28.4. The summed E-state index contributed by atoms with van der Waals surface area (Å²) in [5, 5.41) is 17.3. The van der Waals surface area contributed by atoms with E-state index in [9.17, 15) is 33.6 Å². The number of aliphatic imine (C=N–C) groups is 1. The Morgan fingerprint density at radius 1 is 0.592 bits per heavy atom. The van der Waals surface area contributed by atoms with Crippen LogP contribution >= 0.6 is 25.3 Å². The third-order valence-electron chi connectivity index (χ3n) is 11.5. The number of benzene rings is 3. The fourth-order valence-corrected chi connectivity index (χ4v) is 8.25. The number of para-hydroxylation sites is 1. The molecule has 378 valence electrons. The molecule has 2 aromatic heterocycles. The number of hydrogen-bond donors (Lipinski definition) is 13. The minimum Gasteiger partial charge on any atom is -0.370 e. The van der Waals surface area contributed by atoms with Gasteiger partial charge in [0, 0.05) is 67.0 Å².